The highest BCUT2D eigenvalue weighted by atomic mass is 16.3. The topological polar surface area (TPSA) is 102 Å². The first-order valence-corrected chi connectivity index (χ1v) is 14.6. The molecule has 0 spiro atoms. The lowest BCUT2D eigenvalue weighted by atomic mass is 9.79. The molecule has 5 rings (SSSR count). The number of amides is 2. The van der Waals surface area contributed by atoms with Gasteiger partial charge in [-0.25, -0.2) is 5.01 Å². The van der Waals surface area contributed by atoms with Crippen molar-refractivity contribution in [1.29, 1.82) is 0 Å². The van der Waals surface area contributed by atoms with Crippen LogP contribution in [0, 0.1) is 5.92 Å². The summed E-state index contributed by atoms with van der Waals surface area (Å²) in [6, 6.07) is 5.61. The van der Waals surface area contributed by atoms with E-state index in [4.69, 9.17) is 0 Å². The van der Waals surface area contributed by atoms with Crippen LogP contribution in [0.5, 0.6) is 0 Å². The molecule has 0 unspecified atom stereocenters. The fraction of sp³-hybridized carbons (Fsp3) is 0.548. The van der Waals surface area contributed by atoms with E-state index < -0.39 is 5.78 Å². The minimum absolute atomic E-state index is 0.0330. The first-order valence-electron chi connectivity index (χ1n) is 14.6. The molecule has 0 atom stereocenters. The van der Waals surface area contributed by atoms with Gasteiger partial charge in [0, 0.05) is 30.8 Å². The van der Waals surface area contributed by atoms with E-state index in [1.165, 1.54) is 5.01 Å². The Morgan fingerprint density at radius 1 is 1.00 bits per heavy atom. The summed E-state index contributed by atoms with van der Waals surface area (Å²) in [5, 5.41) is 20.3. The third kappa shape index (κ3) is 5.13. The smallest absolute Gasteiger partial charge is 0.277 e. The molecule has 1 heterocycles. The Kier molecular flexibility index (Phi) is 7.91. The highest BCUT2D eigenvalue weighted by molar-refractivity contribution is 6.44. The van der Waals surface area contributed by atoms with Gasteiger partial charge in [0.2, 0.25) is 11.7 Å². The Hall–Kier alpha value is -3.42. The molecule has 1 aromatic rings. The third-order valence-electron chi connectivity index (χ3n) is 8.76. The SMILES string of the molecule is CCN(CC)c1ccc(C2=C(O)/C(=C3/C(=O)N(C4CCCCC4)N=C3C)C2=O)c(NC(=O)CC2CCCC2)c1. The predicted octanol–water partition coefficient (Wildman–Crippen LogP) is 5.75. The van der Waals surface area contributed by atoms with Crippen LogP contribution >= 0.6 is 0 Å². The van der Waals surface area contributed by atoms with Crippen molar-refractivity contribution in [2.24, 2.45) is 11.0 Å². The van der Waals surface area contributed by atoms with Crippen molar-refractivity contribution in [3.63, 3.8) is 0 Å². The maximum Gasteiger partial charge on any atom is 0.277 e. The van der Waals surface area contributed by atoms with E-state index in [9.17, 15) is 19.5 Å². The summed E-state index contributed by atoms with van der Waals surface area (Å²) < 4.78 is 0. The summed E-state index contributed by atoms with van der Waals surface area (Å²) >= 11 is 0. The van der Waals surface area contributed by atoms with E-state index in [0.29, 0.717) is 29.3 Å². The molecule has 8 nitrogen and oxygen atoms in total. The number of aliphatic hydroxyl groups excluding tert-OH is 1. The van der Waals surface area contributed by atoms with Crippen LogP contribution in [0.25, 0.3) is 5.57 Å². The zero-order chi connectivity index (χ0) is 27.7. The second-order valence-electron chi connectivity index (χ2n) is 11.2. The van der Waals surface area contributed by atoms with Crippen molar-refractivity contribution in [2.75, 3.05) is 23.3 Å². The van der Waals surface area contributed by atoms with Gasteiger partial charge < -0.3 is 15.3 Å². The summed E-state index contributed by atoms with van der Waals surface area (Å²) in [6.07, 6.45) is 9.97. The lowest BCUT2D eigenvalue weighted by Crippen LogP contribution is -2.36. The average Bonchev–Trinajstić information content (AvgIpc) is 3.54. The minimum Gasteiger partial charge on any atom is -0.506 e. The number of hydrazone groups is 1. The fourth-order valence-corrected chi connectivity index (χ4v) is 6.59. The van der Waals surface area contributed by atoms with Crippen LogP contribution in [-0.4, -0.2) is 52.6 Å². The molecule has 3 aliphatic carbocycles. The number of carbonyl (C=O) groups is 3. The van der Waals surface area contributed by atoms with Crippen molar-refractivity contribution in [1.82, 2.24) is 5.01 Å². The number of nitrogens with one attached hydrogen (secondary N) is 1. The molecule has 2 fully saturated rings. The highest BCUT2D eigenvalue weighted by Gasteiger charge is 2.44. The van der Waals surface area contributed by atoms with E-state index in [-0.39, 0.29) is 40.3 Å². The number of benzene rings is 1. The second-order valence-corrected chi connectivity index (χ2v) is 11.2. The van der Waals surface area contributed by atoms with E-state index in [1.54, 1.807) is 13.0 Å². The zero-order valence-electron chi connectivity index (χ0n) is 23.4. The maximum absolute atomic E-state index is 13.6. The molecule has 8 heteroatoms. The lowest BCUT2D eigenvalue weighted by Gasteiger charge is -2.29. The zero-order valence-corrected chi connectivity index (χ0v) is 23.4. The molecule has 0 aromatic heterocycles. The number of anilines is 2. The average molecular weight is 533 g/mol. The van der Waals surface area contributed by atoms with Crippen molar-refractivity contribution < 1.29 is 19.5 Å². The Labute approximate surface area is 230 Å². The monoisotopic (exact) mass is 532 g/mol. The number of allylic oxidation sites excluding steroid dienone is 2. The standard InChI is InChI=1S/C31H40N4O4/c1-4-34(5-2)22-15-16-23(24(18-22)32-25(36)17-20-11-9-10-12-20)27-29(37)28(30(27)38)26-19(3)33-35(31(26)39)21-13-7-6-8-14-21/h15-16,18,20-21,37H,4-14,17H2,1-3H3,(H,32,36)/b28-26-. The molecule has 208 valence electrons. The fourth-order valence-electron chi connectivity index (χ4n) is 6.59. The number of nitrogens with zero attached hydrogens (tertiary/aromatic N) is 3. The molecule has 0 saturated heterocycles. The molecular weight excluding hydrogens is 492 g/mol. The predicted molar refractivity (Wildman–Crippen MR) is 154 cm³/mol. The molecule has 0 radical (unpaired) electrons. The number of Topliss-reactive ketones (excluding diaryl/α,β-unsaturated/α-hetero) is 1. The number of hydrogen-bond donors (Lipinski definition) is 2. The van der Waals surface area contributed by atoms with Gasteiger partial charge in [0.05, 0.1) is 34.2 Å². The van der Waals surface area contributed by atoms with Gasteiger partial charge in [-0.05, 0) is 70.6 Å². The van der Waals surface area contributed by atoms with Gasteiger partial charge in [0.25, 0.3) is 5.91 Å². The van der Waals surface area contributed by atoms with Gasteiger partial charge in [-0.2, -0.15) is 5.10 Å². The Bertz CT molecular complexity index is 1260. The molecular formula is C31H40N4O4. The minimum atomic E-state index is -0.391. The quantitative estimate of drug-likeness (QED) is 0.415. The summed E-state index contributed by atoms with van der Waals surface area (Å²) in [5.74, 6) is -0.600. The molecule has 2 amide bonds. The number of aliphatic hydroxyl groups is 1. The summed E-state index contributed by atoms with van der Waals surface area (Å²) in [7, 11) is 0. The van der Waals surface area contributed by atoms with Crippen LogP contribution in [0.3, 0.4) is 0 Å². The van der Waals surface area contributed by atoms with Crippen LogP contribution in [0.15, 0.2) is 40.2 Å². The molecule has 1 aromatic carbocycles. The van der Waals surface area contributed by atoms with Crippen molar-refractivity contribution in [3.05, 3.63) is 40.7 Å². The van der Waals surface area contributed by atoms with Gasteiger partial charge >= 0.3 is 0 Å². The number of carbonyl (C=O) groups excluding carboxylic acids is 3. The second kappa shape index (κ2) is 11.4. The number of hydrogen-bond acceptors (Lipinski definition) is 6. The maximum atomic E-state index is 13.6. The van der Waals surface area contributed by atoms with Crippen molar-refractivity contribution >= 4 is 40.3 Å². The van der Waals surface area contributed by atoms with E-state index >= 15 is 0 Å². The summed E-state index contributed by atoms with van der Waals surface area (Å²) in [4.78, 5) is 42.1. The van der Waals surface area contributed by atoms with Gasteiger partial charge in [0.1, 0.15) is 5.76 Å². The molecule has 4 aliphatic rings. The van der Waals surface area contributed by atoms with Crippen LogP contribution in [0.1, 0.15) is 90.5 Å². The van der Waals surface area contributed by atoms with Crippen LogP contribution < -0.4 is 10.2 Å². The van der Waals surface area contributed by atoms with Gasteiger partial charge in [-0.15, -0.1) is 0 Å². The number of ketones is 1. The van der Waals surface area contributed by atoms with E-state index in [0.717, 1.165) is 76.6 Å². The first-order chi connectivity index (χ1) is 18.8. The Balaban J connectivity index is 1.48. The highest BCUT2D eigenvalue weighted by Crippen LogP contribution is 2.43. The number of rotatable bonds is 8. The molecule has 2 saturated carbocycles. The molecule has 0 bridgehead atoms. The van der Waals surface area contributed by atoms with Crippen LogP contribution in [0.4, 0.5) is 11.4 Å². The van der Waals surface area contributed by atoms with Crippen molar-refractivity contribution in [2.45, 2.75) is 91.0 Å². The normalized spacial score (nSPS) is 22.4. The summed E-state index contributed by atoms with van der Waals surface area (Å²) in [6.45, 7) is 7.45. The van der Waals surface area contributed by atoms with E-state index in [1.807, 2.05) is 12.1 Å². The first kappa shape index (κ1) is 27.2. The van der Waals surface area contributed by atoms with Crippen molar-refractivity contribution in [3.8, 4) is 0 Å². The molecule has 39 heavy (non-hydrogen) atoms. The lowest BCUT2D eigenvalue weighted by molar-refractivity contribution is -0.128. The van der Waals surface area contributed by atoms with Gasteiger partial charge in [-0.3, -0.25) is 14.4 Å². The Morgan fingerprint density at radius 2 is 1.67 bits per heavy atom. The van der Waals surface area contributed by atoms with Gasteiger partial charge in [0.15, 0.2) is 0 Å². The Morgan fingerprint density at radius 3 is 2.31 bits per heavy atom. The van der Waals surface area contributed by atoms with E-state index in [2.05, 4.69) is 29.2 Å². The molecule has 1 aliphatic heterocycles. The van der Waals surface area contributed by atoms with Gasteiger partial charge in [-0.1, -0.05) is 32.1 Å². The molecule has 2 N–H and O–H groups in total. The summed E-state index contributed by atoms with van der Waals surface area (Å²) in [5.41, 5.74) is 2.74. The third-order valence-corrected chi connectivity index (χ3v) is 8.76. The van der Waals surface area contributed by atoms with Crippen LogP contribution in [0.2, 0.25) is 0 Å². The van der Waals surface area contributed by atoms with Crippen LogP contribution in [-0.2, 0) is 14.4 Å². The largest absolute Gasteiger partial charge is 0.506 e.